The smallest absolute Gasteiger partial charge is 0.329 e. The van der Waals surface area contributed by atoms with Crippen LogP contribution in [0.5, 0.6) is 0 Å². The number of hydrogen-bond acceptors (Lipinski definition) is 4. The summed E-state index contributed by atoms with van der Waals surface area (Å²) in [6.45, 7) is 0.416. The molecule has 0 unspecified atom stereocenters. The first-order valence-electron chi connectivity index (χ1n) is 6.21. The summed E-state index contributed by atoms with van der Waals surface area (Å²) in [5.41, 5.74) is 1.26. The largest absolute Gasteiger partial charge is 0.471 e. The van der Waals surface area contributed by atoms with E-state index in [9.17, 15) is 13.2 Å². The standard InChI is InChI=1S/C13H7Cl2F3N4O/c14-9-10(15)22(6-19-9)5-7-1-3-8(4-2-7)11-20-12(23-21-11)13(16,17)18/h1-4,6H,5H2. The molecule has 23 heavy (non-hydrogen) atoms. The third-order valence-corrected chi connectivity index (χ3v) is 3.74. The van der Waals surface area contributed by atoms with Crippen molar-refractivity contribution in [1.82, 2.24) is 19.7 Å². The molecular formula is C13H7Cl2F3N4O. The highest BCUT2D eigenvalue weighted by molar-refractivity contribution is 6.40. The molecule has 0 aliphatic carbocycles. The van der Waals surface area contributed by atoms with Gasteiger partial charge in [-0.15, -0.1) is 0 Å². The van der Waals surface area contributed by atoms with Gasteiger partial charge >= 0.3 is 12.1 Å². The van der Waals surface area contributed by atoms with Gasteiger partial charge in [-0.1, -0.05) is 52.6 Å². The van der Waals surface area contributed by atoms with Crippen LogP contribution < -0.4 is 0 Å². The lowest BCUT2D eigenvalue weighted by Crippen LogP contribution is -2.04. The van der Waals surface area contributed by atoms with E-state index < -0.39 is 12.1 Å². The average Bonchev–Trinajstić information content (AvgIpc) is 3.11. The molecular weight excluding hydrogens is 356 g/mol. The molecule has 0 radical (unpaired) electrons. The molecule has 0 amide bonds. The average molecular weight is 363 g/mol. The fraction of sp³-hybridized carbons (Fsp3) is 0.154. The van der Waals surface area contributed by atoms with Crippen molar-refractivity contribution in [3.8, 4) is 11.4 Å². The molecule has 2 aromatic heterocycles. The molecule has 3 rings (SSSR count). The van der Waals surface area contributed by atoms with Crippen molar-refractivity contribution in [2.75, 3.05) is 0 Å². The first-order chi connectivity index (χ1) is 10.8. The lowest BCUT2D eigenvalue weighted by atomic mass is 10.1. The number of hydrogen-bond donors (Lipinski definition) is 0. The van der Waals surface area contributed by atoms with Crippen LogP contribution in [0.15, 0.2) is 35.1 Å². The Morgan fingerprint density at radius 1 is 1.13 bits per heavy atom. The first kappa shape index (κ1) is 15.8. The highest BCUT2D eigenvalue weighted by atomic mass is 35.5. The summed E-state index contributed by atoms with van der Waals surface area (Å²) >= 11 is 11.7. The summed E-state index contributed by atoms with van der Waals surface area (Å²) in [5.74, 6) is -1.51. The normalized spacial score (nSPS) is 11.9. The van der Waals surface area contributed by atoms with E-state index in [2.05, 4.69) is 19.6 Å². The summed E-state index contributed by atoms with van der Waals surface area (Å²) in [5, 5.41) is 3.84. The zero-order chi connectivity index (χ0) is 16.6. The second kappa shape index (κ2) is 5.86. The van der Waals surface area contributed by atoms with Crippen LogP contribution in [0.1, 0.15) is 11.5 Å². The Labute approximate surface area is 137 Å². The van der Waals surface area contributed by atoms with E-state index in [0.29, 0.717) is 17.3 Å². The van der Waals surface area contributed by atoms with Gasteiger partial charge in [-0.05, 0) is 5.56 Å². The van der Waals surface area contributed by atoms with Crippen molar-refractivity contribution in [3.63, 3.8) is 0 Å². The Kier molecular flexibility index (Phi) is 4.03. The van der Waals surface area contributed by atoms with Crippen molar-refractivity contribution < 1.29 is 17.7 Å². The van der Waals surface area contributed by atoms with Crippen LogP contribution in [0.2, 0.25) is 10.3 Å². The molecule has 5 nitrogen and oxygen atoms in total. The van der Waals surface area contributed by atoms with Crippen LogP contribution in [-0.2, 0) is 12.7 Å². The van der Waals surface area contributed by atoms with Crippen LogP contribution in [0.4, 0.5) is 13.2 Å². The van der Waals surface area contributed by atoms with Gasteiger partial charge in [0.2, 0.25) is 5.82 Å². The SMILES string of the molecule is FC(F)(F)c1nc(-c2ccc(Cn3cnc(Cl)c3Cl)cc2)no1. The molecule has 0 fully saturated rings. The second-order valence-electron chi connectivity index (χ2n) is 4.57. The van der Waals surface area contributed by atoms with Crippen molar-refractivity contribution in [2.24, 2.45) is 0 Å². The van der Waals surface area contributed by atoms with Gasteiger partial charge < -0.3 is 9.09 Å². The highest BCUT2D eigenvalue weighted by Crippen LogP contribution is 2.29. The van der Waals surface area contributed by atoms with Crippen molar-refractivity contribution >= 4 is 23.2 Å². The van der Waals surface area contributed by atoms with E-state index in [1.807, 2.05) is 0 Å². The van der Waals surface area contributed by atoms with Crippen molar-refractivity contribution in [2.45, 2.75) is 12.7 Å². The first-order valence-corrected chi connectivity index (χ1v) is 6.96. The number of rotatable bonds is 3. The van der Waals surface area contributed by atoms with E-state index in [-0.39, 0.29) is 11.0 Å². The van der Waals surface area contributed by atoms with Crippen LogP contribution in [0.25, 0.3) is 11.4 Å². The zero-order valence-corrected chi connectivity index (χ0v) is 12.7. The minimum atomic E-state index is -4.66. The molecule has 0 spiro atoms. The summed E-state index contributed by atoms with van der Waals surface area (Å²) in [6, 6.07) is 6.60. The molecule has 10 heteroatoms. The second-order valence-corrected chi connectivity index (χ2v) is 5.29. The van der Waals surface area contributed by atoms with E-state index in [1.165, 1.54) is 6.33 Å². The van der Waals surface area contributed by atoms with Gasteiger partial charge in [-0.2, -0.15) is 18.2 Å². The number of alkyl halides is 3. The van der Waals surface area contributed by atoms with Gasteiger partial charge in [0.25, 0.3) is 0 Å². The molecule has 0 bridgehead atoms. The summed E-state index contributed by atoms with van der Waals surface area (Å²) < 4.78 is 43.1. The van der Waals surface area contributed by atoms with Gasteiger partial charge in [0.1, 0.15) is 5.15 Å². The maximum atomic E-state index is 12.4. The van der Waals surface area contributed by atoms with Crippen molar-refractivity contribution in [3.05, 3.63) is 52.4 Å². The maximum Gasteiger partial charge on any atom is 0.471 e. The van der Waals surface area contributed by atoms with Gasteiger partial charge in [-0.3, -0.25) is 0 Å². The Hall–Kier alpha value is -2.06. The van der Waals surface area contributed by atoms with Crippen LogP contribution in [0, 0.1) is 0 Å². The Balaban J connectivity index is 1.79. The minimum absolute atomic E-state index is 0.132. The molecule has 3 aromatic rings. The Morgan fingerprint density at radius 2 is 1.83 bits per heavy atom. The van der Waals surface area contributed by atoms with Crippen LogP contribution in [-0.4, -0.2) is 19.7 Å². The van der Waals surface area contributed by atoms with Crippen LogP contribution >= 0.6 is 23.2 Å². The van der Waals surface area contributed by atoms with Gasteiger partial charge in [0, 0.05) is 12.1 Å². The monoisotopic (exact) mass is 362 g/mol. The molecule has 0 saturated heterocycles. The number of aromatic nitrogens is 4. The predicted octanol–water partition coefficient (Wildman–Crippen LogP) is 4.31. The van der Waals surface area contributed by atoms with Gasteiger partial charge in [0.05, 0.1) is 6.33 Å². The Morgan fingerprint density at radius 3 is 2.35 bits per heavy atom. The van der Waals surface area contributed by atoms with E-state index in [1.54, 1.807) is 28.8 Å². The van der Waals surface area contributed by atoms with E-state index in [0.717, 1.165) is 5.56 Å². The lowest BCUT2D eigenvalue weighted by molar-refractivity contribution is -0.159. The number of benzene rings is 1. The minimum Gasteiger partial charge on any atom is -0.329 e. The van der Waals surface area contributed by atoms with Gasteiger partial charge in [-0.25, -0.2) is 4.98 Å². The lowest BCUT2D eigenvalue weighted by Gasteiger charge is -2.04. The predicted molar refractivity (Wildman–Crippen MR) is 76.1 cm³/mol. The Bertz CT molecular complexity index is 827. The maximum absolute atomic E-state index is 12.4. The highest BCUT2D eigenvalue weighted by Gasteiger charge is 2.38. The fourth-order valence-corrected chi connectivity index (χ4v) is 2.17. The molecule has 0 atom stereocenters. The third kappa shape index (κ3) is 3.32. The number of imidazole rings is 1. The van der Waals surface area contributed by atoms with Gasteiger partial charge in [0.15, 0.2) is 5.15 Å². The topological polar surface area (TPSA) is 56.7 Å². The fourth-order valence-electron chi connectivity index (χ4n) is 1.86. The van der Waals surface area contributed by atoms with E-state index >= 15 is 0 Å². The van der Waals surface area contributed by atoms with Crippen LogP contribution in [0.3, 0.4) is 0 Å². The summed E-state index contributed by atoms with van der Waals surface area (Å²) in [7, 11) is 0. The van der Waals surface area contributed by atoms with Crippen molar-refractivity contribution in [1.29, 1.82) is 0 Å². The van der Waals surface area contributed by atoms with E-state index in [4.69, 9.17) is 23.2 Å². The summed E-state index contributed by atoms with van der Waals surface area (Å²) in [4.78, 5) is 7.19. The molecule has 0 aliphatic rings. The molecule has 0 N–H and O–H groups in total. The quantitative estimate of drug-likeness (QED) is 0.696. The molecule has 120 valence electrons. The molecule has 1 aromatic carbocycles. The molecule has 2 heterocycles. The molecule has 0 aliphatic heterocycles. The number of nitrogens with zero attached hydrogens (tertiary/aromatic N) is 4. The number of halogens is 5. The third-order valence-electron chi connectivity index (χ3n) is 2.97. The molecule has 0 saturated carbocycles. The zero-order valence-electron chi connectivity index (χ0n) is 11.2. The summed E-state index contributed by atoms with van der Waals surface area (Å²) in [6.07, 6.45) is -3.17.